The third kappa shape index (κ3) is 29.2. The van der Waals surface area contributed by atoms with E-state index in [9.17, 15) is 24.3 Å². The van der Waals surface area contributed by atoms with Crippen molar-refractivity contribution in [2.45, 2.75) is 199 Å². The van der Waals surface area contributed by atoms with Crippen molar-refractivity contribution >= 4 is 24.2 Å². The molecule has 264 valence electrons. The lowest BCUT2D eigenvalue weighted by Crippen LogP contribution is -2.48. The van der Waals surface area contributed by atoms with Gasteiger partial charge in [0.25, 0.3) is 0 Å². The van der Waals surface area contributed by atoms with Crippen molar-refractivity contribution in [1.82, 2.24) is 5.32 Å². The number of hydrogen-bond acceptors (Lipinski definition) is 7. The highest BCUT2D eigenvalue weighted by Gasteiger charge is 2.27. The Bertz CT molecular complexity index is 715. The van der Waals surface area contributed by atoms with Crippen LogP contribution in [0.15, 0.2) is 0 Å². The summed E-state index contributed by atoms with van der Waals surface area (Å²) in [7, 11) is 0. The third-order valence-electron chi connectivity index (χ3n) is 8.46. The van der Waals surface area contributed by atoms with Crippen LogP contribution in [0.25, 0.3) is 0 Å². The second-order valence-electron chi connectivity index (χ2n) is 12.7. The number of hydrogen-bond donors (Lipinski definition) is 2. The Labute approximate surface area is 275 Å². The van der Waals surface area contributed by atoms with Crippen LogP contribution >= 0.6 is 0 Å². The molecule has 0 radical (unpaired) electrons. The van der Waals surface area contributed by atoms with Crippen LogP contribution in [0.2, 0.25) is 0 Å². The van der Waals surface area contributed by atoms with Gasteiger partial charge < -0.3 is 19.4 Å². The Balaban J connectivity index is 4.18. The Morgan fingerprint density at radius 3 is 1.33 bits per heavy atom. The zero-order valence-electron chi connectivity index (χ0n) is 29.1. The minimum Gasteiger partial charge on any atom is -0.480 e. The van der Waals surface area contributed by atoms with Gasteiger partial charge in [-0.3, -0.25) is 19.7 Å². The quantitative estimate of drug-likeness (QED) is 0.0400. The molecule has 0 spiro atoms. The van der Waals surface area contributed by atoms with Crippen molar-refractivity contribution in [2.75, 3.05) is 13.2 Å². The molecule has 0 rings (SSSR count). The molecule has 0 bridgehead atoms. The number of aliphatic carboxylic acids is 1. The summed E-state index contributed by atoms with van der Waals surface area (Å²) in [5.41, 5.74) is 0. The predicted molar refractivity (Wildman–Crippen MR) is 182 cm³/mol. The molecule has 0 heterocycles. The van der Waals surface area contributed by atoms with Gasteiger partial charge in [-0.05, 0) is 19.3 Å². The second-order valence-corrected chi connectivity index (χ2v) is 12.7. The van der Waals surface area contributed by atoms with E-state index in [1.165, 1.54) is 116 Å². The van der Waals surface area contributed by atoms with Gasteiger partial charge in [-0.25, -0.2) is 0 Å². The number of unbranched alkanes of at least 4 members (excludes halogenated alkanes) is 22. The fraction of sp³-hybridized carbons (Fsp3) is 0.892. The molecule has 0 amide bonds. The SMILES string of the molecule is CCCCCCCCCCCCCCOC(=O)CCC(NC(CC=O)C(=O)O)C(=O)OCCCCCCCCCCCCCC. The lowest BCUT2D eigenvalue weighted by atomic mass is 10.1. The smallest absolute Gasteiger partial charge is 0.323 e. The molecule has 2 unspecified atom stereocenters. The summed E-state index contributed by atoms with van der Waals surface area (Å²) in [6.45, 7) is 5.08. The minimum absolute atomic E-state index is 0.0307. The number of nitrogens with one attached hydrogen (secondary N) is 1. The van der Waals surface area contributed by atoms with Crippen LogP contribution in [0.1, 0.15) is 187 Å². The lowest BCUT2D eigenvalue weighted by Gasteiger charge is -2.21. The normalized spacial score (nSPS) is 12.5. The van der Waals surface area contributed by atoms with Gasteiger partial charge in [0.15, 0.2) is 0 Å². The molecule has 8 heteroatoms. The van der Waals surface area contributed by atoms with Crippen LogP contribution in [-0.4, -0.2) is 54.6 Å². The molecule has 0 aliphatic rings. The van der Waals surface area contributed by atoms with E-state index in [0.717, 1.165) is 38.5 Å². The highest BCUT2D eigenvalue weighted by atomic mass is 16.5. The maximum absolute atomic E-state index is 12.8. The first kappa shape index (κ1) is 43.0. The number of rotatable bonds is 35. The average Bonchev–Trinajstić information content (AvgIpc) is 3.02. The number of carboxylic acid groups (broad SMARTS) is 1. The van der Waals surface area contributed by atoms with Gasteiger partial charge in [0.05, 0.1) is 13.2 Å². The van der Waals surface area contributed by atoms with E-state index in [-0.39, 0.29) is 25.9 Å². The standard InChI is InChI=1S/C37H69NO7/c1-3-5-7-9-11-13-15-17-19-21-23-25-31-44-35(40)28-27-34(38-33(29-30-39)36(41)42)37(43)45-32-26-24-22-20-18-16-14-12-10-8-6-4-2/h30,33-34,38H,3-29,31-32H2,1-2H3,(H,41,42). The minimum atomic E-state index is -1.23. The Hall–Kier alpha value is -1.96. The van der Waals surface area contributed by atoms with Gasteiger partial charge in [0.1, 0.15) is 18.4 Å². The highest BCUT2D eigenvalue weighted by Crippen LogP contribution is 2.14. The van der Waals surface area contributed by atoms with Crippen molar-refractivity contribution in [2.24, 2.45) is 0 Å². The first-order valence-corrected chi connectivity index (χ1v) is 18.7. The van der Waals surface area contributed by atoms with E-state index in [1.807, 2.05) is 0 Å². The van der Waals surface area contributed by atoms with Crippen LogP contribution < -0.4 is 5.32 Å². The molecule has 0 saturated carbocycles. The topological polar surface area (TPSA) is 119 Å². The fourth-order valence-electron chi connectivity index (χ4n) is 5.53. The predicted octanol–water partition coefficient (Wildman–Crippen LogP) is 9.26. The summed E-state index contributed by atoms with van der Waals surface area (Å²) in [4.78, 5) is 47.6. The number of carbonyl (C=O) groups is 4. The van der Waals surface area contributed by atoms with Crippen molar-refractivity contribution in [3.63, 3.8) is 0 Å². The number of carboxylic acids is 1. The summed E-state index contributed by atoms with van der Waals surface area (Å²) < 4.78 is 10.8. The first-order valence-electron chi connectivity index (χ1n) is 18.7. The largest absolute Gasteiger partial charge is 0.480 e. The average molecular weight is 640 g/mol. The van der Waals surface area contributed by atoms with Gasteiger partial charge in [-0.15, -0.1) is 0 Å². The van der Waals surface area contributed by atoms with Crippen LogP contribution in [0.3, 0.4) is 0 Å². The van der Waals surface area contributed by atoms with Crippen LogP contribution in [0, 0.1) is 0 Å². The lowest BCUT2D eigenvalue weighted by molar-refractivity contribution is -0.149. The zero-order chi connectivity index (χ0) is 33.2. The van der Waals surface area contributed by atoms with E-state index >= 15 is 0 Å². The second kappa shape index (κ2) is 33.4. The van der Waals surface area contributed by atoms with Crippen molar-refractivity contribution in [3.8, 4) is 0 Å². The van der Waals surface area contributed by atoms with E-state index in [4.69, 9.17) is 9.47 Å². The molecule has 45 heavy (non-hydrogen) atoms. The molecular formula is C37H69NO7. The maximum Gasteiger partial charge on any atom is 0.323 e. The Kier molecular flexibility index (Phi) is 31.9. The molecule has 0 aromatic heterocycles. The third-order valence-corrected chi connectivity index (χ3v) is 8.46. The van der Waals surface area contributed by atoms with Crippen LogP contribution in [0.5, 0.6) is 0 Å². The van der Waals surface area contributed by atoms with Gasteiger partial charge in [-0.1, -0.05) is 155 Å². The summed E-state index contributed by atoms with van der Waals surface area (Å²) in [5, 5.41) is 12.1. The van der Waals surface area contributed by atoms with Gasteiger partial charge in [0, 0.05) is 12.8 Å². The molecular weight excluding hydrogens is 570 g/mol. The number of carbonyl (C=O) groups excluding carboxylic acids is 3. The molecule has 0 fully saturated rings. The maximum atomic E-state index is 12.8. The molecule has 0 saturated heterocycles. The van der Waals surface area contributed by atoms with E-state index in [1.54, 1.807) is 0 Å². The molecule has 0 aliphatic carbocycles. The highest BCUT2D eigenvalue weighted by molar-refractivity contribution is 5.81. The van der Waals surface area contributed by atoms with E-state index in [0.29, 0.717) is 12.9 Å². The molecule has 0 aromatic rings. The van der Waals surface area contributed by atoms with Gasteiger partial charge in [0.2, 0.25) is 0 Å². The molecule has 2 atom stereocenters. The number of ether oxygens (including phenoxy) is 2. The van der Waals surface area contributed by atoms with Gasteiger partial charge >= 0.3 is 17.9 Å². The van der Waals surface area contributed by atoms with Crippen molar-refractivity contribution in [1.29, 1.82) is 0 Å². The molecule has 8 nitrogen and oxygen atoms in total. The van der Waals surface area contributed by atoms with E-state index < -0.39 is 30.0 Å². The van der Waals surface area contributed by atoms with E-state index in [2.05, 4.69) is 19.2 Å². The molecule has 0 aromatic carbocycles. The summed E-state index contributed by atoms with van der Waals surface area (Å²) in [5.74, 6) is -2.24. The van der Waals surface area contributed by atoms with Crippen LogP contribution in [-0.2, 0) is 28.7 Å². The summed E-state index contributed by atoms with van der Waals surface area (Å²) in [6, 6.07) is -2.22. The van der Waals surface area contributed by atoms with Crippen molar-refractivity contribution < 1.29 is 33.8 Å². The Morgan fingerprint density at radius 1 is 0.578 bits per heavy atom. The summed E-state index contributed by atoms with van der Waals surface area (Å²) >= 11 is 0. The van der Waals surface area contributed by atoms with Gasteiger partial charge in [-0.2, -0.15) is 0 Å². The molecule has 0 aliphatic heterocycles. The van der Waals surface area contributed by atoms with Crippen molar-refractivity contribution in [3.05, 3.63) is 0 Å². The fourth-order valence-corrected chi connectivity index (χ4v) is 5.53. The molecule has 2 N–H and O–H groups in total. The zero-order valence-corrected chi connectivity index (χ0v) is 29.1. The first-order chi connectivity index (χ1) is 22.0. The number of esters is 2. The van der Waals surface area contributed by atoms with Crippen LogP contribution in [0.4, 0.5) is 0 Å². The number of aldehydes is 1. The summed E-state index contributed by atoms with van der Waals surface area (Å²) in [6.07, 6.45) is 29.5. The monoisotopic (exact) mass is 640 g/mol. The Morgan fingerprint density at radius 2 is 0.956 bits per heavy atom.